The van der Waals surface area contributed by atoms with Crippen LogP contribution in [-0.4, -0.2) is 54.9 Å². The van der Waals surface area contributed by atoms with Crippen molar-refractivity contribution in [1.82, 2.24) is 9.88 Å². The van der Waals surface area contributed by atoms with Gasteiger partial charge in [0.05, 0.1) is 31.0 Å². The Hall–Kier alpha value is -4.15. The number of nitrogens with zero attached hydrogens (tertiary/aromatic N) is 4. The number of carbonyl (C=O) groups excluding carboxylic acids is 1. The van der Waals surface area contributed by atoms with Crippen LogP contribution in [0, 0.1) is 11.6 Å². The van der Waals surface area contributed by atoms with Crippen molar-refractivity contribution in [3.05, 3.63) is 112 Å². The highest BCUT2D eigenvalue weighted by atomic mass is 32.1. The Labute approximate surface area is 242 Å². The van der Waals surface area contributed by atoms with Crippen LogP contribution in [0.2, 0.25) is 0 Å². The highest BCUT2D eigenvalue weighted by Crippen LogP contribution is 2.31. The molecule has 5 rings (SSSR count). The summed E-state index contributed by atoms with van der Waals surface area (Å²) in [5, 5.41) is 6.69. The Morgan fingerprint density at radius 3 is 2.17 bits per heavy atom. The van der Waals surface area contributed by atoms with E-state index in [0.29, 0.717) is 17.4 Å². The summed E-state index contributed by atoms with van der Waals surface area (Å²) in [7, 11) is 0. The van der Waals surface area contributed by atoms with Crippen LogP contribution in [0.25, 0.3) is 0 Å². The van der Waals surface area contributed by atoms with E-state index in [4.69, 9.17) is 4.74 Å². The average molecular weight is 576 g/mol. The zero-order chi connectivity index (χ0) is 28.6. The van der Waals surface area contributed by atoms with Gasteiger partial charge < -0.3 is 9.64 Å². The number of thiazole rings is 1. The van der Waals surface area contributed by atoms with Crippen molar-refractivity contribution in [3.63, 3.8) is 0 Å². The molecule has 1 aromatic heterocycles. The Bertz CT molecular complexity index is 1410. The van der Waals surface area contributed by atoms with Crippen LogP contribution in [0.15, 0.2) is 83.3 Å². The van der Waals surface area contributed by atoms with Crippen molar-refractivity contribution in [3.8, 4) is 0 Å². The minimum atomic E-state index is -0.296. The van der Waals surface area contributed by atoms with Crippen LogP contribution < -0.4 is 10.3 Å². The molecule has 0 bridgehead atoms. The number of benzene rings is 3. The SMILES string of the molecule is CCOC(=O)Cc1csc(NN=Cc2ccc(N3CCN(C(c4ccc(F)cc4)c4ccc(F)cc4)CC3)cc2)n1. The summed E-state index contributed by atoms with van der Waals surface area (Å²) in [5.74, 6) is -0.844. The molecular formula is C31H31F2N5O2S. The normalized spacial score (nSPS) is 14.1. The number of rotatable bonds is 10. The third-order valence-electron chi connectivity index (χ3n) is 6.87. The molecule has 0 aliphatic carbocycles. The summed E-state index contributed by atoms with van der Waals surface area (Å²) >= 11 is 1.38. The number of nitrogens with one attached hydrogen (secondary N) is 1. The predicted molar refractivity (Wildman–Crippen MR) is 159 cm³/mol. The maximum atomic E-state index is 13.6. The molecule has 1 fully saturated rings. The number of carbonyl (C=O) groups is 1. The first-order valence-electron chi connectivity index (χ1n) is 13.5. The van der Waals surface area contributed by atoms with Crippen LogP contribution in [0.1, 0.15) is 35.3 Å². The highest BCUT2D eigenvalue weighted by Gasteiger charge is 2.26. The van der Waals surface area contributed by atoms with Gasteiger partial charge in [-0.2, -0.15) is 5.10 Å². The maximum absolute atomic E-state index is 13.6. The van der Waals surface area contributed by atoms with E-state index in [2.05, 4.69) is 37.4 Å². The van der Waals surface area contributed by atoms with E-state index in [9.17, 15) is 13.6 Å². The summed E-state index contributed by atoms with van der Waals surface area (Å²) in [5.41, 5.74) is 7.59. The van der Waals surface area contributed by atoms with Crippen molar-refractivity contribution < 1.29 is 18.3 Å². The molecule has 0 amide bonds. The first-order valence-corrected chi connectivity index (χ1v) is 14.4. The number of hydrogen-bond acceptors (Lipinski definition) is 8. The van der Waals surface area contributed by atoms with Gasteiger partial charge in [0.15, 0.2) is 0 Å². The summed E-state index contributed by atoms with van der Waals surface area (Å²) in [6.07, 6.45) is 1.87. The molecule has 1 N–H and O–H groups in total. The molecule has 7 nitrogen and oxygen atoms in total. The van der Waals surface area contributed by atoms with E-state index in [1.165, 1.54) is 35.6 Å². The fraction of sp³-hybridized carbons (Fsp3) is 0.258. The molecule has 0 unspecified atom stereocenters. The third-order valence-corrected chi connectivity index (χ3v) is 7.66. The van der Waals surface area contributed by atoms with Crippen LogP contribution in [0.3, 0.4) is 0 Å². The smallest absolute Gasteiger partial charge is 0.311 e. The van der Waals surface area contributed by atoms with Gasteiger partial charge in [-0.1, -0.05) is 36.4 Å². The van der Waals surface area contributed by atoms with Gasteiger partial charge in [-0.3, -0.25) is 15.1 Å². The molecule has 4 aromatic rings. The molecule has 10 heteroatoms. The predicted octanol–water partition coefficient (Wildman–Crippen LogP) is 5.88. The Morgan fingerprint density at radius 1 is 0.976 bits per heavy atom. The van der Waals surface area contributed by atoms with E-state index >= 15 is 0 Å². The van der Waals surface area contributed by atoms with E-state index in [1.807, 2.05) is 41.8 Å². The third kappa shape index (κ3) is 7.53. The van der Waals surface area contributed by atoms with E-state index in [-0.39, 0.29) is 30.1 Å². The molecule has 0 saturated carbocycles. The maximum Gasteiger partial charge on any atom is 0.311 e. The van der Waals surface area contributed by atoms with Gasteiger partial charge in [-0.15, -0.1) is 11.3 Å². The number of aromatic nitrogens is 1. The minimum absolute atomic E-state index is 0.0801. The summed E-state index contributed by atoms with van der Waals surface area (Å²) < 4.78 is 32.2. The number of halogens is 2. The van der Waals surface area contributed by atoms with Crippen molar-refractivity contribution in [2.24, 2.45) is 5.10 Å². The quantitative estimate of drug-likeness (QED) is 0.145. The zero-order valence-corrected chi connectivity index (χ0v) is 23.5. The van der Waals surface area contributed by atoms with Gasteiger partial charge in [-0.05, 0) is 60.0 Å². The lowest BCUT2D eigenvalue weighted by Gasteiger charge is -2.40. The fourth-order valence-electron chi connectivity index (χ4n) is 4.88. The standard InChI is InChI=1S/C31H31F2N5O2S/c1-2-40-29(39)19-27-21-41-31(35-27)36-34-20-22-3-13-28(14-4-22)37-15-17-38(18-16-37)30(23-5-9-25(32)10-6-23)24-7-11-26(33)12-8-24/h3-14,20-21,30H,2,15-19H2,1H3,(H,35,36). The molecular weight excluding hydrogens is 544 g/mol. The monoisotopic (exact) mass is 575 g/mol. The lowest BCUT2D eigenvalue weighted by atomic mass is 9.96. The van der Waals surface area contributed by atoms with Crippen molar-refractivity contribution in [1.29, 1.82) is 0 Å². The fourth-order valence-corrected chi connectivity index (χ4v) is 5.53. The Balaban J connectivity index is 1.17. The molecule has 212 valence electrons. The number of hydrogen-bond donors (Lipinski definition) is 1. The molecule has 2 heterocycles. The summed E-state index contributed by atoms with van der Waals surface area (Å²) in [6.45, 7) is 5.38. The molecule has 0 spiro atoms. The van der Waals surface area contributed by atoms with E-state index in [1.54, 1.807) is 13.1 Å². The first-order chi connectivity index (χ1) is 20.0. The summed E-state index contributed by atoms with van der Waals surface area (Å²) in [6, 6.07) is 21.2. The lowest BCUT2D eigenvalue weighted by molar-refractivity contribution is -0.142. The van der Waals surface area contributed by atoms with E-state index in [0.717, 1.165) is 48.6 Å². The number of esters is 1. The Morgan fingerprint density at radius 2 is 1.59 bits per heavy atom. The zero-order valence-electron chi connectivity index (χ0n) is 22.7. The topological polar surface area (TPSA) is 70.1 Å². The van der Waals surface area contributed by atoms with Crippen molar-refractivity contribution >= 4 is 34.3 Å². The van der Waals surface area contributed by atoms with Gasteiger partial charge in [-0.25, -0.2) is 13.8 Å². The summed E-state index contributed by atoms with van der Waals surface area (Å²) in [4.78, 5) is 20.7. The molecule has 3 aromatic carbocycles. The molecule has 0 radical (unpaired) electrons. The van der Waals surface area contributed by atoms with Gasteiger partial charge in [0, 0.05) is 37.2 Å². The second kappa shape index (κ2) is 13.5. The largest absolute Gasteiger partial charge is 0.466 e. The van der Waals surface area contributed by atoms with Gasteiger partial charge in [0.2, 0.25) is 5.13 Å². The van der Waals surface area contributed by atoms with Crippen LogP contribution >= 0.6 is 11.3 Å². The second-order valence-corrected chi connectivity index (χ2v) is 10.5. The number of piperazine rings is 1. The molecule has 1 aliphatic rings. The second-order valence-electron chi connectivity index (χ2n) is 9.62. The number of ether oxygens (including phenoxy) is 1. The van der Waals surface area contributed by atoms with Crippen molar-refractivity contribution in [2.45, 2.75) is 19.4 Å². The van der Waals surface area contributed by atoms with E-state index < -0.39 is 0 Å². The van der Waals surface area contributed by atoms with Gasteiger partial charge in [0.1, 0.15) is 11.6 Å². The number of anilines is 2. The van der Waals surface area contributed by atoms with Crippen LogP contribution in [-0.2, 0) is 16.0 Å². The molecule has 41 heavy (non-hydrogen) atoms. The van der Waals surface area contributed by atoms with Crippen LogP contribution in [0.4, 0.5) is 19.6 Å². The molecule has 1 saturated heterocycles. The van der Waals surface area contributed by atoms with Crippen molar-refractivity contribution in [2.75, 3.05) is 43.1 Å². The highest BCUT2D eigenvalue weighted by molar-refractivity contribution is 7.13. The molecule has 1 aliphatic heterocycles. The molecule has 0 atom stereocenters. The van der Waals surface area contributed by atoms with Crippen LogP contribution in [0.5, 0.6) is 0 Å². The Kier molecular flexibility index (Phi) is 9.33. The number of hydrazone groups is 1. The minimum Gasteiger partial charge on any atom is -0.466 e. The van der Waals surface area contributed by atoms with Gasteiger partial charge >= 0.3 is 5.97 Å². The lowest BCUT2D eigenvalue weighted by Crippen LogP contribution is -2.48. The van der Waals surface area contributed by atoms with Gasteiger partial charge in [0.25, 0.3) is 0 Å². The first kappa shape index (κ1) is 28.4. The average Bonchev–Trinajstić information content (AvgIpc) is 3.43.